The predicted molar refractivity (Wildman–Crippen MR) is 123 cm³/mol. The number of anilines is 1. The Labute approximate surface area is 190 Å². The van der Waals surface area contributed by atoms with E-state index in [4.69, 9.17) is 14.2 Å². The molecule has 2 atom stereocenters. The minimum Gasteiger partial charge on any atom is -0.497 e. The third-order valence-electron chi connectivity index (χ3n) is 5.63. The molecule has 7 nitrogen and oxygen atoms in total. The first-order valence-electron chi connectivity index (χ1n) is 9.99. The molecule has 0 fully saturated rings. The third-order valence-corrected chi connectivity index (χ3v) is 6.57. The van der Waals surface area contributed by atoms with Gasteiger partial charge >= 0.3 is 0 Å². The average Bonchev–Trinajstić information content (AvgIpc) is 3.34. The fraction of sp³-hybridized carbons (Fsp3) is 0.250. The molecule has 1 aromatic heterocycles. The van der Waals surface area contributed by atoms with E-state index in [-0.39, 0.29) is 11.8 Å². The second kappa shape index (κ2) is 8.92. The number of hydrogen-bond acceptors (Lipinski definition) is 6. The number of nitrogens with one attached hydrogen (secondary N) is 1. The SMILES string of the molecule is COc1cccc(NC(=O)[C@@H]2c3cc(OC)c(OC)cc3C(=O)N(C)[C@@H]2c2cccs2)c1. The van der Waals surface area contributed by atoms with Crippen LogP contribution in [-0.4, -0.2) is 45.1 Å². The van der Waals surface area contributed by atoms with E-state index in [1.54, 1.807) is 43.3 Å². The van der Waals surface area contributed by atoms with Crippen LogP contribution in [0.15, 0.2) is 53.9 Å². The van der Waals surface area contributed by atoms with Crippen LogP contribution in [0.2, 0.25) is 0 Å². The topological polar surface area (TPSA) is 77.1 Å². The molecular formula is C24H24N2O5S. The Morgan fingerprint density at radius 3 is 2.41 bits per heavy atom. The van der Waals surface area contributed by atoms with Crippen LogP contribution in [-0.2, 0) is 4.79 Å². The standard InChI is InChI=1S/C24H24N2O5S/c1-26-22(20-9-6-10-32-20)21(23(27)25-14-7-5-8-15(11-14)29-2)16-12-18(30-3)19(31-4)13-17(16)24(26)28/h5-13,21-22H,1-4H3,(H,25,27)/t21-,22-/m1/s1. The molecule has 2 amide bonds. The van der Waals surface area contributed by atoms with E-state index in [2.05, 4.69) is 5.32 Å². The number of amides is 2. The molecular weight excluding hydrogens is 428 g/mol. The molecule has 0 saturated heterocycles. The molecule has 1 aliphatic rings. The van der Waals surface area contributed by atoms with Crippen molar-refractivity contribution in [1.29, 1.82) is 0 Å². The Bertz CT molecular complexity index is 1150. The maximum atomic E-state index is 13.7. The van der Waals surface area contributed by atoms with Crippen molar-refractivity contribution in [3.8, 4) is 17.2 Å². The van der Waals surface area contributed by atoms with Crippen LogP contribution < -0.4 is 19.5 Å². The molecule has 32 heavy (non-hydrogen) atoms. The summed E-state index contributed by atoms with van der Waals surface area (Å²) in [6.07, 6.45) is 0. The zero-order valence-corrected chi connectivity index (χ0v) is 19.1. The number of fused-ring (bicyclic) bond motifs is 1. The summed E-state index contributed by atoms with van der Waals surface area (Å²) in [6.45, 7) is 0. The molecule has 0 unspecified atom stereocenters. The van der Waals surface area contributed by atoms with E-state index >= 15 is 0 Å². The first-order valence-corrected chi connectivity index (χ1v) is 10.9. The highest BCUT2D eigenvalue weighted by Gasteiger charge is 2.44. The molecule has 166 valence electrons. The van der Waals surface area contributed by atoms with Crippen LogP contribution in [0.3, 0.4) is 0 Å². The second-order valence-corrected chi connectivity index (χ2v) is 8.35. The summed E-state index contributed by atoms with van der Waals surface area (Å²) in [5.41, 5.74) is 1.63. The van der Waals surface area contributed by atoms with Crippen LogP contribution in [0.5, 0.6) is 17.2 Å². The molecule has 1 aliphatic heterocycles. The Morgan fingerprint density at radius 2 is 1.75 bits per heavy atom. The van der Waals surface area contributed by atoms with E-state index in [0.717, 1.165) is 4.88 Å². The number of hydrogen-bond donors (Lipinski definition) is 1. The lowest BCUT2D eigenvalue weighted by Gasteiger charge is -2.39. The monoisotopic (exact) mass is 452 g/mol. The molecule has 0 radical (unpaired) electrons. The molecule has 0 saturated carbocycles. The molecule has 4 rings (SSSR count). The summed E-state index contributed by atoms with van der Waals surface area (Å²) >= 11 is 1.51. The predicted octanol–water partition coefficient (Wildman–Crippen LogP) is 4.32. The summed E-state index contributed by atoms with van der Waals surface area (Å²) < 4.78 is 16.1. The largest absolute Gasteiger partial charge is 0.497 e. The van der Waals surface area contributed by atoms with Crippen molar-refractivity contribution in [3.63, 3.8) is 0 Å². The number of methoxy groups -OCH3 is 3. The van der Waals surface area contributed by atoms with E-state index in [1.165, 1.54) is 25.6 Å². The number of thiophene rings is 1. The van der Waals surface area contributed by atoms with Gasteiger partial charge in [-0.15, -0.1) is 11.3 Å². The van der Waals surface area contributed by atoms with Crippen LogP contribution in [0.1, 0.15) is 32.8 Å². The van der Waals surface area contributed by atoms with Crippen molar-refractivity contribution < 1.29 is 23.8 Å². The van der Waals surface area contributed by atoms with Crippen molar-refractivity contribution in [2.75, 3.05) is 33.7 Å². The second-order valence-electron chi connectivity index (χ2n) is 7.37. The molecule has 2 aromatic carbocycles. The Hall–Kier alpha value is -3.52. The van der Waals surface area contributed by atoms with Crippen LogP contribution in [0.25, 0.3) is 0 Å². The number of carbonyl (C=O) groups is 2. The zero-order valence-electron chi connectivity index (χ0n) is 18.2. The zero-order chi connectivity index (χ0) is 22.8. The van der Waals surface area contributed by atoms with Gasteiger partial charge in [0.1, 0.15) is 5.75 Å². The Balaban J connectivity index is 1.84. The van der Waals surface area contributed by atoms with E-state index in [9.17, 15) is 9.59 Å². The highest BCUT2D eigenvalue weighted by Crippen LogP contribution is 2.46. The highest BCUT2D eigenvalue weighted by atomic mass is 32.1. The van der Waals surface area contributed by atoms with E-state index in [0.29, 0.717) is 34.1 Å². The highest BCUT2D eigenvalue weighted by molar-refractivity contribution is 7.10. The van der Waals surface area contributed by atoms with Gasteiger partial charge in [-0.3, -0.25) is 9.59 Å². The minimum atomic E-state index is -0.655. The van der Waals surface area contributed by atoms with Crippen molar-refractivity contribution >= 4 is 28.8 Å². The van der Waals surface area contributed by atoms with E-state index in [1.807, 2.05) is 29.6 Å². The molecule has 0 bridgehead atoms. The van der Waals surface area contributed by atoms with Crippen molar-refractivity contribution in [2.24, 2.45) is 0 Å². The van der Waals surface area contributed by atoms with Gasteiger partial charge in [-0.05, 0) is 41.3 Å². The number of carbonyl (C=O) groups excluding carboxylic acids is 2. The van der Waals surface area contributed by atoms with E-state index < -0.39 is 12.0 Å². The molecule has 0 spiro atoms. The van der Waals surface area contributed by atoms with Crippen LogP contribution in [0.4, 0.5) is 5.69 Å². The van der Waals surface area contributed by atoms with Gasteiger partial charge in [0.15, 0.2) is 11.5 Å². The van der Waals surface area contributed by atoms with Gasteiger partial charge in [-0.1, -0.05) is 12.1 Å². The lowest BCUT2D eigenvalue weighted by molar-refractivity contribution is -0.119. The van der Waals surface area contributed by atoms with Gasteiger partial charge in [0.05, 0.1) is 33.3 Å². The van der Waals surface area contributed by atoms with Crippen LogP contribution >= 0.6 is 11.3 Å². The van der Waals surface area contributed by atoms with Crippen LogP contribution in [0, 0.1) is 0 Å². The molecule has 2 heterocycles. The summed E-state index contributed by atoms with van der Waals surface area (Å²) in [7, 11) is 6.34. The first-order chi connectivity index (χ1) is 15.5. The Kier molecular flexibility index (Phi) is 6.05. The fourth-order valence-corrected chi connectivity index (χ4v) is 4.97. The quantitative estimate of drug-likeness (QED) is 0.603. The van der Waals surface area contributed by atoms with Crippen molar-refractivity contribution in [3.05, 3.63) is 69.9 Å². The average molecular weight is 453 g/mol. The summed E-state index contributed by atoms with van der Waals surface area (Å²) in [5, 5.41) is 4.94. The van der Waals surface area contributed by atoms with Gasteiger partial charge < -0.3 is 24.4 Å². The summed E-state index contributed by atoms with van der Waals surface area (Å²) in [4.78, 5) is 29.5. The van der Waals surface area contributed by atoms with Gasteiger partial charge in [0.25, 0.3) is 5.91 Å². The number of ether oxygens (including phenoxy) is 3. The molecule has 1 N–H and O–H groups in total. The van der Waals surface area contributed by atoms with Gasteiger partial charge in [-0.2, -0.15) is 0 Å². The van der Waals surface area contributed by atoms with Crippen molar-refractivity contribution in [2.45, 2.75) is 12.0 Å². The normalized spacial score (nSPS) is 17.5. The number of rotatable bonds is 6. The maximum Gasteiger partial charge on any atom is 0.254 e. The lowest BCUT2D eigenvalue weighted by Crippen LogP contribution is -2.43. The number of likely N-dealkylation sites (N-methyl/N-ethyl adjacent to an activating group) is 1. The van der Waals surface area contributed by atoms with Gasteiger partial charge in [-0.25, -0.2) is 0 Å². The maximum absolute atomic E-state index is 13.7. The molecule has 0 aliphatic carbocycles. The smallest absolute Gasteiger partial charge is 0.254 e. The Morgan fingerprint density at radius 1 is 1.00 bits per heavy atom. The van der Waals surface area contributed by atoms with Crippen molar-refractivity contribution in [1.82, 2.24) is 4.90 Å². The molecule has 3 aromatic rings. The number of benzene rings is 2. The minimum absolute atomic E-state index is 0.176. The summed E-state index contributed by atoms with van der Waals surface area (Å²) in [6, 6.07) is 13.9. The third kappa shape index (κ3) is 3.78. The first kappa shape index (κ1) is 21.7. The molecule has 8 heteroatoms. The summed E-state index contributed by atoms with van der Waals surface area (Å²) in [5.74, 6) is 0.481. The number of nitrogens with zero attached hydrogens (tertiary/aromatic N) is 1. The lowest BCUT2D eigenvalue weighted by atomic mass is 9.81. The van der Waals surface area contributed by atoms with Gasteiger partial charge in [0.2, 0.25) is 5.91 Å². The fourth-order valence-electron chi connectivity index (χ4n) is 4.07. The van der Waals surface area contributed by atoms with Gasteiger partial charge in [0, 0.05) is 29.2 Å².